The molecule has 15 heavy (non-hydrogen) atoms. The molecule has 3 heteroatoms. The predicted molar refractivity (Wildman–Crippen MR) is 63.9 cm³/mol. The van der Waals surface area contributed by atoms with Crippen molar-refractivity contribution < 1.29 is 9.53 Å². The van der Waals surface area contributed by atoms with Crippen molar-refractivity contribution in [3.05, 3.63) is 22.3 Å². The summed E-state index contributed by atoms with van der Waals surface area (Å²) in [5, 5.41) is 0.912. The summed E-state index contributed by atoms with van der Waals surface area (Å²) in [6, 6.07) is 0. The topological polar surface area (TPSA) is 26.3 Å². The smallest absolute Gasteiger partial charge is 0.302 e. The van der Waals surface area contributed by atoms with Gasteiger partial charge in [0, 0.05) is 12.0 Å². The number of allylic oxidation sites excluding steroid dienone is 3. The zero-order valence-electron chi connectivity index (χ0n) is 9.89. The highest BCUT2D eigenvalue weighted by atomic mass is 35.5. The average Bonchev–Trinajstić information content (AvgIpc) is 2.13. The second-order valence-corrected chi connectivity index (χ2v) is 4.21. The van der Waals surface area contributed by atoms with Gasteiger partial charge in [-0.25, -0.2) is 0 Å². The molecule has 86 valence electrons. The monoisotopic (exact) mass is 230 g/mol. The minimum absolute atomic E-state index is 0.249. The van der Waals surface area contributed by atoms with Crippen LogP contribution in [0.15, 0.2) is 22.3 Å². The van der Waals surface area contributed by atoms with Gasteiger partial charge in [-0.1, -0.05) is 22.7 Å². The fourth-order valence-electron chi connectivity index (χ4n) is 0.960. The molecule has 0 aromatic carbocycles. The van der Waals surface area contributed by atoms with Crippen molar-refractivity contribution in [1.29, 1.82) is 0 Å². The molecule has 0 aromatic heterocycles. The Balaban J connectivity index is 3.88. The molecule has 0 saturated carbocycles. The summed E-state index contributed by atoms with van der Waals surface area (Å²) in [4.78, 5) is 10.5. The zero-order chi connectivity index (χ0) is 11.8. The Morgan fingerprint density at radius 2 is 1.80 bits per heavy atom. The van der Waals surface area contributed by atoms with Gasteiger partial charge in [0.2, 0.25) is 0 Å². The van der Waals surface area contributed by atoms with E-state index in [2.05, 4.69) is 0 Å². The maximum atomic E-state index is 10.5. The van der Waals surface area contributed by atoms with Crippen LogP contribution in [0.3, 0.4) is 0 Å². The number of ether oxygens (including phenoxy) is 1. The first-order chi connectivity index (χ1) is 6.93. The molecule has 0 fully saturated rings. The molecule has 0 unspecified atom stereocenters. The number of hydrogen-bond acceptors (Lipinski definition) is 2. The van der Waals surface area contributed by atoms with Gasteiger partial charge < -0.3 is 4.74 Å². The van der Waals surface area contributed by atoms with E-state index in [9.17, 15) is 4.79 Å². The van der Waals surface area contributed by atoms with E-state index in [1.54, 1.807) is 0 Å². The Kier molecular flexibility index (Phi) is 7.14. The van der Waals surface area contributed by atoms with Crippen molar-refractivity contribution in [3.63, 3.8) is 0 Å². The summed E-state index contributed by atoms with van der Waals surface area (Å²) in [5.74, 6) is -0.249. The van der Waals surface area contributed by atoms with Crippen LogP contribution in [0.25, 0.3) is 0 Å². The zero-order valence-corrected chi connectivity index (χ0v) is 10.6. The van der Waals surface area contributed by atoms with Crippen LogP contribution in [0.5, 0.6) is 0 Å². The molecule has 0 atom stereocenters. The van der Waals surface area contributed by atoms with Gasteiger partial charge in [-0.05, 0) is 39.7 Å². The molecule has 0 saturated heterocycles. The molecule has 0 aliphatic rings. The van der Waals surface area contributed by atoms with Crippen molar-refractivity contribution in [2.75, 3.05) is 6.61 Å². The first-order valence-corrected chi connectivity index (χ1v) is 5.42. The van der Waals surface area contributed by atoms with Gasteiger partial charge in [0.1, 0.15) is 6.61 Å². The lowest BCUT2D eigenvalue weighted by Crippen LogP contribution is -1.98. The largest absolute Gasteiger partial charge is 0.462 e. The fourth-order valence-corrected chi connectivity index (χ4v) is 1.05. The highest BCUT2D eigenvalue weighted by Crippen LogP contribution is 2.18. The maximum absolute atomic E-state index is 10.5. The van der Waals surface area contributed by atoms with E-state index < -0.39 is 0 Å². The van der Waals surface area contributed by atoms with E-state index in [0.29, 0.717) is 6.61 Å². The Morgan fingerprint density at radius 3 is 2.27 bits per heavy atom. The van der Waals surface area contributed by atoms with E-state index >= 15 is 0 Å². The summed E-state index contributed by atoms with van der Waals surface area (Å²) in [6.45, 7) is 7.77. The van der Waals surface area contributed by atoms with Gasteiger partial charge in [0.25, 0.3) is 0 Å². The first-order valence-electron chi connectivity index (χ1n) is 5.04. The third-order valence-electron chi connectivity index (χ3n) is 2.00. The molecule has 0 radical (unpaired) electrons. The summed E-state index contributed by atoms with van der Waals surface area (Å²) in [7, 11) is 0. The van der Waals surface area contributed by atoms with E-state index in [4.69, 9.17) is 16.3 Å². The van der Waals surface area contributed by atoms with E-state index in [1.165, 1.54) is 12.5 Å². The minimum Gasteiger partial charge on any atom is -0.462 e. The predicted octanol–water partition coefficient (Wildman–Crippen LogP) is 3.81. The van der Waals surface area contributed by atoms with Crippen molar-refractivity contribution in [3.8, 4) is 0 Å². The molecule has 0 bridgehead atoms. The Labute approximate surface area is 97.0 Å². The van der Waals surface area contributed by atoms with Crippen molar-refractivity contribution in [1.82, 2.24) is 0 Å². The van der Waals surface area contributed by atoms with Crippen LogP contribution >= 0.6 is 11.6 Å². The Bertz CT molecular complexity index is 273. The minimum atomic E-state index is -0.249. The molecule has 0 aliphatic heterocycles. The van der Waals surface area contributed by atoms with E-state index in [-0.39, 0.29) is 5.97 Å². The second kappa shape index (κ2) is 7.52. The van der Waals surface area contributed by atoms with Gasteiger partial charge in [-0.15, -0.1) is 0 Å². The lowest BCUT2D eigenvalue weighted by Gasteiger charge is -2.03. The van der Waals surface area contributed by atoms with Gasteiger partial charge in [-0.2, -0.15) is 0 Å². The van der Waals surface area contributed by atoms with Crippen molar-refractivity contribution >= 4 is 17.6 Å². The van der Waals surface area contributed by atoms with Crippen LogP contribution in [0, 0.1) is 0 Å². The number of halogens is 1. The number of rotatable bonds is 5. The standard InChI is InChI=1S/C12H19ClO2/c1-9(2)12(13)6-5-10(3)7-8-15-11(4)14/h7H,5-6,8H2,1-4H3/b10-7+. The van der Waals surface area contributed by atoms with Crippen LogP contribution in [-0.4, -0.2) is 12.6 Å². The van der Waals surface area contributed by atoms with Crippen LogP contribution in [0.4, 0.5) is 0 Å². The van der Waals surface area contributed by atoms with Crippen LogP contribution < -0.4 is 0 Å². The van der Waals surface area contributed by atoms with Crippen LogP contribution in [0.2, 0.25) is 0 Å². The van der Waals surface area contributed by atoms with Crippen molar-refractivity contribution in [2.45, 2.75) is 40.5 Å². The third-order valence-corrected chi connectivity index (χ3v) is 2.57. The molecule has 0 heterocycles. The van der Waals surface area contributed by atoms with E-state index in [0.717, 1.165) is 23.4 Å². The molecular weight excluding hydrogens is 212 g/mol. The lowest BCUT2D eigenvalue weighted by molar-refractivity contribution is -0.139. The first kappa shape index (κ1) is 14.2. The average molecular weight is 231 g/mol. The molecule has 0 spiro atoms. The number of carbonyl (C=O) groups excluding carboxylic acids is 1. The van der Waals surface area contributed by atoms with Crippen LogP contribution in [0.1, 0.15) is 40.5 Å². The highest BCUT2D eigenvalue weighted by Gasteiger charge is 1.97. The summed E-state index contributed by atoms with van der Waals surface area (Å²) in [5.41, 5.74) is 2.35. The lowest BCUT2D eigenvalue weighted by atomic mass is 10.1. The molecule has 2 nitrogen and oxygen atoms in total. The summed E-state index contributed by atoms with van der Waals surface area (Å²) >= 11 is 6.01. The number of carbonyl (C=O) groups is 1. The van der Waals surface area contributed by atoms with E-state index in [1.807, 2.05) is 26.8 Å². The normalized spacial score (nSPS) is 11.1. The second-order valence-electron chi connectivity index (χ2n) is 3.76. The van der Waals surface area contributed by atoms with Crippen molar-refractivity contribution in [2.24, 2.45) is 0 Å². The SMILES string of the molecule is CC(=O)OC/C=C(\C)CCC(Cl)=C(C)C. The Hall–Kier alpha value is -0.760. The molecule has 0 amide bonds. The maximum Gasteiger partial charge on any atom is 0.302 e. The summed E-state index contributed by atoms with van der Waals surface area (Å²) in [6.07, 6.45) is 3.67. The molecule has 0 aromatic rings. The van der Waals surface area contributed by atoms with Gasteiger partial charge in [0.05, 0.1) is 0 Å². The summed E-state index contributed by atoms with van der Waals surface area (Å²) < 4.78 is 4.81. The highest BCUT2D eigenvalue weighted by molar-refractivity contribution is 6.29. The van der Waals surface area contributed by atoms with Gasteiger partial charge in [0.15, 0.2) is 0 Å². The number of esters is 1. The van der Waals surface area contributed by atoms with Crippen LogP contribution in [-0.2, 0) is 9.53 Å². The quantitative estimate of drug-likeness (QED) is 0.530. The number of hydrogen-bond donors (Lipinski definition) is 0. The molecular formula is C12H19ClO2. The molecule has 0 rings (SSSR count). The third kappa shape index (κ3) is 8.25. The Morgan fingerprint density at radius 1 is 1.20 bits per heavy atom. The molecule has 0 N–H and O–H groups in total. The molecule has 0 aliphatic carbocycles. The van der Waals surface area contributed by atoms with Gasteiger partial charge >= 0.3 is 5.97 Å². The van der Waals surface area contributed by atoms with Gasteiger partial charge in [-0.3, -0.25) is 4.79 Å². The fraction of sp³-hybridized carbons (Fsp3) is 0.583.